The Morgan fingerprint density at radius 1 is 0.741 bits per heavy atom. The smallest absolute Gasteiger partial charge is 0.337 e. The Balaban J connectivity index is 1.70. The molecule has 5 heteroatoms. The fourth-order valence-corrected chi connectivity index (χ4v) is 2.57. The average molecular weight is 359 g/mol. The third kappa shape index (κ3) is 4.58. The van der Waals surface area contributed by atoms with E-state index in [9.17, 15) is 4.79 Å². The Hall–Kier alpha value is -3.47. The maximum absolute atomic E-state index is 11.5. The van der Waals surface area contributed by atoms with Gasteiger partial charge in [0, 0.05) is 19.8 Å². The van der Waals surface area contributed by atoms with E-state index in [0.29, 0.717) is 5.56 Å². The summed E-state index contributed by atoms with van der Waals surface area (Å²) in [5.41, 5.74) is 5.30. The van der Waals surface area contributed by atoms with Gasteiger partial charge in [0.15, 0.2) is 0 Å². The minimum Gasteiger partial charge on any atom is -0.465 e. The molecule has 0 atom stereocenters. The lowest BCUT2D eigenvalue weighted by atomic mass is 10.0. The summed E-state index contributed by atoms with van der Waals surface area (Å²) < 4.78 is 4.71. The van der Waals surface area contributed by atoms with Crippen LogP contribution in [0.2, 0.25) is 0 Å². The number of esters is 1. The summed E-state index contributed by atoms with van der Waals surface area (Å²) in [7, 11) is 5.38. The van der Waals surface area contributed by atoms with Gasteiger partial charge in [0.2, 0.25) is 0 Å². The minimum atomic E-state index is -0.337. The van der Waals surface area contributed by atoms with Crippen molar-refractivity contribution >= 4 is 23.0 Å². The maximum atomic E-state index is 11.5. The number of benzene rings is 3. The lowest BCUT2D eigenvalue weighted by Crippen LogP contribution is -2.07. The molecule has 0 unspecified atom stereocenters. The van der Waals surface area contributed by atoms with Crippen molar-refractivity contribution in [2.24, 2.45) is 10.2 Å². The number of carbonyl (C=O) groups excluding carboxylic acids is 1. The first-order valence-corrected chi connectivity index (χ1v) is 8.55. The number of carbonyl (C=O) groups is 1. The second kappa shape index (κ2) is 8.27. The fraction of sp³-hybridized carbons (Fsp3) is 0.136. The minimum absolute atomic E-state index is 0.337. The van der Waals surface area contributed by atoms with Crippen LogP contribution in [0.5, 0.6) is 0 Å². The summed E-state index contributed by atoms with van der Waals surface area (Å²) in [5, 5.41) is 8.56. The Morgan fingerprint density at radius 3 is 1.63 bits per heavy atom. The predicted octanol–water partition coefficient (Wildman–Crippen LogP) is 5.62. The van der Waals surface area contributed by atoms with E-state index in [2.05, 4.69) is 10.2 Å². The predicted molar refractivity (Wildman–Crippen MR) is 108 cm³/mol. The monoisotopic (exact) mass is 359 g/mol. The molecule has 3 aromatic carbocycles. The van der Waals surface area contributed by atoms with E-state index in [1.807, 2.05) is 79.7 Å². The number of ether oxygens (including phenoxy) is 1. The Labute approximate surface area is 158 Å². The number of nitrogens with zero attached hydrogens (tertiary/aromatic N) is 3. The number of azo groups is 1. The van der Waals surface area contributed by atoms with Crippen LogP contribution in [0, 0.1) is 0 Å². The fourth-order valence-electron chi connectivity index (χ4n) is 2.57. The highest BCUT2D eigenvalue weighted by Crippen LogP contribution is 2.25. The van der Waals surface area contributed by atoms with E-state index in [-0.39, 0.29) is 5.97 Å². The van der Waals surface area contributed by atoms with Gasteiger partial charge in [-0.1, -0.05) is 24.3 Å². The molecule has 0 amide bonds. The topological polar surface area (TPSA) is 54.3 Å². The van der Waals surface area contributed by atoms with Gasteiger partial charge in [-0.2, -0.15) is 10.2 Å². The maximum Gasteiger partial charge on any atom is 0.337 e. The van der Waals surface area contributed by atoms with Gasteiger partial charge in [-0.3, -0.25) is 0 Å². The third-order valence-electron chi connectivity index (χ3n) is 4.15. The molecule has 0 bridgehead atoms. The molecule has 0 aliphatic carbocycles. The average Bonchev–Trinajstić information content (AvgIpc) is 2.72. The first kappa shape index (κ1) is 18.3. The van der Waals surface area contributed by atoms with Crippen LogP contribution in [0.15, 0.2) is 83.0 Å². The van der Waals surface area contributed by atoms with Crippen molar-refractivity contribution in [3.05, 3.63) is 78.4 Å². The van der Waals surface area contributed by atoms with Crippen molar-refractivity contribution in [2.45, 2.75) is 0 Å². The molecule has 0 aliphatic heterocycles. The standard InChI is InChI=1S/C22H21N3O2/c1-25(2)21-14-12-20(13-15-21)24-23-19-10-8-17(9-11-19)16-4-6-18(7-5-16)22(26)27-3/h4-15H,1-3H3/b24-23+. The molecule has 3 rings (SSSR count). The van der Waals surface area contributed by atoms with E-state index in [1.165, 1.54) is 7.11 Å². The van der Waals surface area contributed by atoms with E-state index in [4.69, 9.17) is 4.74 Å². The van der Waals surface area contributed by atoms with Crippen LogP contribution >= 0.6 is 0 Å². The van der Waals surface area contributed by atoms with Crippen LogP contribution in [0.4, 0.5) is 17.1 Å². The zero-order valence-corrected chi connectivity index (χ0v) is 15.6. The molecule has 0 aliphatic rings. The highest BCUT2D eigenvalue weighted by atomic mass is 16.5. The van der Waals surface area contributed by atoms with Crippen molar-refractivity contribution in [1.29, 1.82) is 0 Å². The van der Waals surface area contributed by atoms with Gasteiger partial charge in [0.05, 0.1) is 24.0 Å². The van der Waals surface area contributed by atoms with Crippen molar-refractivity contribution in [2.75, 3.05) is 26.1 Å². The second-order valence-corrected chi connectivity index (χ2v) is 6.23. The van der Waals surface area contributed by atoms with E-state index >= 15 is 0 Å². The molecule has 0 N–H and O–H groups in total. The van der Waals surface area contributed by atoms with Gasteiger partial charge in [-0.25, -0.2) is 4.79 Å². The number of methoxy groups -OCH3 is 1. The zero-order valence-electron chi connectivity index (χ0n) is 15.6. The lowest BCUT2D eigenvalue weighted by molar-refractivity contribution is 0.0601. The molecule has 0 saturated heterocycles. The molecule has 0 heterocycles. The largest absolute Gasteiger partial charge is 0.465 e. The van der Waals surface area contributed by atoms with Crippen LogP contribution in [-0.2, 0) is 4.74 Å². The molecule has 5 nitrogen and oxygen atoms in total. The van der Waals surface area contributed by atoms with Gasteiger partial charge >= 0.3 is 5.97 Å². The summed E-state index contributed by atoms with van der Waals surface area (Å²) >= 11 is 0. The molecule has 0 fully saturated rings. The number of hydrogen-bond donors (Lipinski definition) is 0. The Bertz CT molecular complexity index is 929. The molecule has 3 aromatic rings. The molecular weight excluding hydrogens is 338 g/mol. The lowest BCUT2D eigenvalue weighted by Gasteiger charge is -2.11. The van der Waals surface area contributed by atoms with Crippen LogP contribution in [0.3, 0.4) is 0 Å². The number of anilines is 1. The summed E-state index contributed by atoms with van der Waals surface area (Å²) in [6, 6.07) is 23.0. The van der Waals surface area contributed by atoms with Crippen LogP contribution < -0.4 is 4.90 Å². The first-order valence-electron chi connectivity index (χ1n) is 8.55. The summed E-state index contributed by atoms with van der Waals surface area (Å²) in [5.74, 6) is -0.337. The first-order chi connectivity index (χ1) is 13.1. The van der Waals surface area contributed by atoms with Crippen LogP contribution in [-0.4, -0.2) is 27.2 Å². The van der Waals surface area contributed by atoms with Crippen molar-refractivity contribution < 1.29 is 9.53 Å². The van der Waals surface area contributed by atoms with Crippen molar-refractivity contribution in [3.63, 3.8) is 0 Å². The highest BCUT2D eigenvalue weighted by molar-refractivity contribution is 5.90. The highest BCUT2D eigenvalue weighted by Gasteiger charge is 2.05. The van der Waals surface area contributed by atoms with Gasteiger partial charge < -0.3 is 9.64 Å². The third-order valence-corrected chi connectivity index (χ3v) is 4.15. The molecular formula is C22H21N3O2. The quantitative estimate of drug-likeness (QED) is 0.439. The van der Waals surface area contributed by atoms with Crippen LogP contribution in [0.1, 0.15) is 10.4 Å². The van der Waals surface area contributed by atoms with Gasteiger partial charge in [-0.15, -0.1) is 0 Å². The molecule has 0 saturated carbocycles. The van der Waals surface area contributed by atoms with E-state index in [1.54, 1.807) is 12.1 Å². The molecule has 0 aromatic heterocycles. The molecule has 0 radical (unpaired) electrons. The van der Waals surface area contributed by atoms with Gasteiger partial charge in [0.25, 0.3) is 0 Å². The molecule has 0 spiro atoms. The summed E-state index contributed by atoms with van der Waals surface area (Å²) in [6.45, 7) is 0. The zero-order chi connectivity index (χ0) is 19.2. The van der Waals surface area contributed by atoms with Crippen molar-refractivity contribution in [1.82, 2.24) is 0 Å². The van der Waals surface area contributed by atoms with E-state index in [0.717, 1.165) is 28.2 Å². The molecule has 27 heavy (non-hydrogen) atoms. The normalized spacial score (nSPS) is 10.8. The summed E-state index contributed by atoms with van der Waals surface area (Å²) in [4.78, 5) is 13.5. The molecule has 136 valence electrons. The number of hydrogen-bond acceptors (Lipinski definition) is 5. The number of rotatable bonds is 5. The SMILES string of the molecule is COC(=O)c1ccc(-c2ccc(/N=N/c3ccc(N(C)C)cc3)cc2)cc1. The van der Waals surface area contributed by atoms with Crippen molar-refractivity contribution in [3.8, 4) is 11.1 Å². The van der Waals surface area contributed by atoms with Crippen LogP contribution in [0.25, 0.3) is 11.1 Å². The van der Waals surface area contributed by atoms with Gasteiger partial charge in [-0.05, 0) is 59.7 Å². The van der Waals surface area contributed by atoms with Gasteiger partial charge in [0.1, 0.15) is 0 Å². The van der Waals surface area contributed by atoms with E-state index < -0.39 is 0 Å². The Morgan fingerprint density at radius 2 is 1.19 bits per heavy atom. The Kier molecular flexibility index (Phi) is 5.61. The second-order valence-electron chi connectivity index (χ2n) is 6.23. The summed E-state index contributed by atoms with van der Waals surface area (Å²) in [6.07, 6.45) is 0.